The lowest BCUT2D eigenvalue weighted by Gasteiger charge is -2.13. The zero-order valence-electron chi connectivity index (χ0n) is 15.2. The van der Waals surface area contributed by atoms with E-state index in [1.54, 1.807) is 11.8 Å². The van der Waals surface area contributed by atoms with Crippen molar-refractivity contribution < 1.29 is 14.1 Å². The van der Waals surface area contributed by atoms with Crippen LogP contribution in [-0.4, -0.2) is 40.4 Å². The molecule has 1 aromatic heterocycles. The number of rotatable bonds is 5. The van der Waals surface area contributed by atoms with E-state index in [2.05, 4.69) is 15.5 Å². The fourth-order valence-corrected chi connectivity index (χ4v) is 3.01. The highest BCUT2D eigenvalue weighted by molar-refractivity contribution is 7.80. The molecule has 0 aliphatic carbocycles. The van der Waals surface area contributed by atoms with E-state index >= 15 is 0 Å². The summed E-state index contributed by atoms with van der Waals surface area (Å²) in [5, 5.41) is 7.06. The van der Waals surface area contributed by atoms with Crippen LogP contribution in [0.5, 0.6) is 0 Å². The van der Waals surface area contributed by atoms with Crippen LogP contribution in [0.1, 0.15) is 6.92 Å². The van der Waals surface area contributed by atoms with Gasteiger partial charge in [-0.05, 0) is 31.2 Å². The Morgan fingerprint density at radius 1 is 1.18 bits per heavy atom. The number of anilines is 1. The van der Waals surface area contributed by atoms with Crippen LogP contribution in [-0.2, 0) is 4.74 Å². The van der Waals surface area contributed by atoms with E-state index in [9.17, 15) is 4.79 Å². The third-order valence-electron chi connectivity index (χ3n) is 4.34. The van der Waals surface area contributed by atoms with Crippen molar-refractivity contribution in [3.63, 3.8) is 0 Å². The molecule has 1 saturated heterocycles. The number of carbonyl (C=O) groups excluding carboxylic acids is 1. The Balaban J connectivity index is 1.47. The Labute approximate surface area is 167 Å². The molecule has 3 aromatic rings. The number of hydrogen-bond acceptors (Lipinski definition) is 6. The van der Waals surface area contributed by atoms with Gasteiger partial charge in [-0.15, -0.1) is 0 Å². The second-order valence-electron chi connectivity index (χ2n) is 6.39. The van der Waals surface area contributed by atoms with E-state index < -0.39 is 0 Å². The van der Waals surface area contributed by atoms with Gasteiger partial charge in [0.05, 0.1) is 18.1 Å². The number of nitrogens with one attached hydrogen (secondary N) is 1. The van der Waals surface area contributed by atoms with Crippen molar-refractivity contribution in [3.05, 3.63) is 54.6 Å². The molecule has 1 atom stereocenters. The summed E-state index contributed by atoms with van der Waals surface area (Å²) in [6.45, 7) is 2.76. The van der Waals surface area contributed by atoms with Crippen LogP contribution in [0.15, 0.2) is 59.1 Å². The zero-order chi connectivity index (χ0) is 19.5. The number of ether oxygens (including phenoxy) is 1. The first-order valence-corrected chi connectivity index (χ1v) is 9.23. The summed E-state index contributed by atoms with van der Waals surface area (Å²) in [5.74, 6) is 0.958. The number of thiocarbonyl (C=S) groups is 1. The Morgan fingerprint density at radius 2 is 1.93 bits per heavy atom. The van der Waals surface area contributed by atoms with Gasteiger partial charge in [0, 0.05) is 16.8 Å². The molecule has 1 unspecified atom stereocenters. The van der Waals surface area contributed by atoms with Crippen LogP contribution in [0.25, 0.3) is 22.8 Å². The smallest absolute Gasteiger partial charge is 0.414 e. The number of carbonyl (C=O) groups is 1. The minimum atomic E-state index is -0.370. The molecule has 8 heteroatoms. The molecule has 1 amide bonds. The standard InChI is InChI=1S/C20H18N4O3S/c1-13(28)21-11-17-12-24(20(25)26-17)16-9-7-15(8-10-16)19-22-18(23-27-19)14-5-3-2-4-6-14/h2-10,17H,11-12H2,1H3,(H,21,28). The highest BCUT2D eigenvalue weighted by Gasteiger charge is 2.32. The minimum absolute atomic E-state index is 0.241. The van der Waals surface area contributed by atoms with Crippen molar-refractivity contribution in [1.82, 2.24) is 15.5 Å². The van der Waals surface area contributed by atoms with Gasteiger partial charge in [0.25, 0.3) is 5.89 Å². The monoisotopic (exact) mass is 394 g/mol. The van der Waals surface area contributed by atoms with Gasteiger partial charge in [-0.2, -0.15) is 4.98 Å². The number of nitrogens with zero attached hydrogens (tertiary/aromatic N) is 3. The van der Waals surface area contributed by atoms with E-state index in [0.717, 1.165) is 16.8 Å². The summed E-state index contributed by atoms with van der Waals surface area (Å²) >= 11 is 4.99. The number of aromatic nitrogens is 2. The van der Waals surface area contributed by atoms with Gasteiger partial charge in [-0.1, -0.05) is 47.7 Å². The number of cyclic esters (lactones) is 1. The van der Waals surface area contributed by atoms with Gasteiger partial charge in [-0.3, -0.25) is 4.90 Å². The highest BCUT2D eigenvalue weighted by atomic mass is 32.1. The van der Waals surface area contributed by atoms with Crippen LogP contribution >= 0.6 is 12.2 Å². The van der Waals surface area contributed by atoms with Crippen LogP contribution in [0.3, 0.4) is 0 Å². The average Bonchev–Trinajstić information content (AvgIpc) is 3.34. The molecule has 0 radical (unpaired) electrons. The van der Waals surface area contributed by atoms with E-state index in [1.807, 2.05) is 54.6 Å². The Hall–Kier alpha value is -3.26. The summed E-state index contributed by atoms with van der Waals surface area (Å²) in [6, 6.07) is 17.0. The maximum atomic E-state index is 12.1. The number of benzene rings is 2. The topological polar surface area (TPSA) is 80.5 Å². The molecule has 1 aliphatic rings. The van der Waals surface area contributed by atoms with Gasteiger partial charge in [0.1, 0.15) is 6.10 Å². The molecule has 0 saturated carbocycles. The van der Waals surface area contributed by atoms with Crippen molar-refractivity contribution in [2.24, 2.45) is 0 Å². The largest absolute Gasteiger partial charge is 0.442 e. The molecule has 0 bridgehead atoms. The normalized spacial score (nSPS) is 16.1. The second-order valence-corrected chi connectivity index (χ2v) is 7.00. The first-order valence-electron chi connectivity index (χ1n) is 8.82. The molecule has 142 valence electrons. The molecule has 4 rings (SSSR count). The van der Waals surface area contributed by atoms with Gasteiger partial charge in [-0.25, -0.2) is 4.79 Å². The molecular formula is C20H18N4O3S. The molecule has 2 aromatic carbocycles. The number of hydrogen-bond donors (Lipinski definition) is 1. The lowest BCUT2D eigenvalue weighted by atomic mass is 10.2. The summed E-state index contributed by atoms with van der Waals surface area (Å²) in [6.07, 6.45) is -0.611. The fourth-order valence-electron chi connectivity index (χ4n) is 2.93. The quantitative estimate of drug-likeness (QED) is 0.661. The molecule has 0 spiro atoms. The van der Waals surface area contributed by atoms with Gasteiger partial charge in [0.15, 0.2) is 0 Å². The first kappa shape index (κ1) is 18.1. The van der Waals surface area contributed by atoms with E-state index in [-0.39, 0.29) is 12.2 Å². The molecule has 7 nitrogen and oxygen atoms in total. The predicted molar refractivity (Wildman–Crippen MR) is 109 cm³/mol. The van der Waals surface area contributed by atoms with Crippen molar-refractivity contribution in [2.45, 2.75) is 13.0 Å². The lowest BCUT2D eigenvalue weighted by Crippen LogP contribution is -2.32. The maximum absolute atomic E-state index is 12.1. The van der Waals surface area contributed by atoms with Crippen LogP contribution < -0.4 is 10.2 Å². The van der Waals surface area contributed by atoms with E-state index in [0.29, 0.717) is 29.8 Å². The molecule has 1 aliphatic heterocycles. The lowest BCUT2D eigenvalue weighted by molar-refractivity contribution is 0.143. The van der Waals surface area contributed by atoms with E-state index in [1.165, 1.54) is 0 Å². The minimum Gasteiger partial charge on any atom is -0.442 e. The maximum Gasteiger partial charge on any atom is 0.414 e. The van der Waals surface area contributed by atoms with Crippen LogP contribution in [0.4, 0.5) is 10.5 Å². The van der Waals surface area contributed by atoms with Gasteiger partial charge < -0.3 is 14.6 Å². The van der Waals surface area contributed by atoms with Crippen molar-refractivity contribution in [1.29, 1.82) is 0 Å². The number of amides is 1. The third-order valence-corrected chi connectivity index (χ3v) is 4.48. The summed E-state index contributed by atoms with van der Waals surface area (Å²) in [5.41, 5.74) is 2.42. The van der Waals surface area contributed by atoms with Crippen molar-refractivity contribution >= 4 is 29.0 Å². The van der Waals surface area contributed by atoms with Crippen LogP contribution in [0, 0.1) is 0 Å². The fraction of sp³-hybridized carbons (Fsp3) is 0.200. The van der Waals surface area contributed by atoms with Gasteiger partial charge in [0.2, 0.25) is 5.82 Å². The Bertz CT molecular complexity index is 988. The van der Waals surface area contributed by atoms with Crippen LogP contribution in [0.2, 0.25) is 0 Å². The van der Waals surface area contributed by atoms with Crippen molar-refractivity contribution in [2.75, 3.05) is 18.0 Å². The SMILES string of the molecule is CC(=S)NCC1CN(c2ccc(-c3nc(-c4ccccc4)no3)cc2)C(=O)O1. The van der Waals surface area contributed by atoms with Crippen molar-refractivity contribution in [3.8, 4) is 22.8 Å². The highest BCUT2D eigenvalue weighted by Crippen LogP contribution is 2.26. The Morgan fingerprint density at radius 3 is 2.64 bits per heavy atom. The summed E-state index contributed by atoms with van der Waals surface area (Å²) < 4.78 is 10.7. The summed E-state index contributed by atoms with van der Waals surface area (Å²) in [7, 11) is 0. The molecular weight excluding hydrogens is 376 g/mol. The van der Waals surface area contributed by atoms with Gasteiger partial charge >= 0.3 is 6.09 Å². The molecule has 2 heterocycles. The average molecular weight is 394 g/mol. The molecule has 28 heavy (non-hydrogen) atoms. The molecule has 1 fully saturated rings. The predicted octanol–water partition coefficient (Wildman–Crippen LogP) is 3.67. The summed E-state index contributed by atoms with van der Waals surface area (Å²) in [4.78, 5) is 18.9. The zero-order valence-corrected chi connectivity index (χ0v) is 16.0. The molecule has 1 N–H and O–H groups in total. The Kier molecular flexibility index (Phi) is 5.03. The van der Waals surface area contributed by atoms with E-state index in [4.69, 9.17) is 21.5 Å². The second kappa shape index (κ2) is 7.77. The third kappa shape index (κ3) is 3.86. The first-order chi connectivity index (χ1) is 13.6.